The van der Waals surface area contributed by atoms with E-state index in [2.05, 4.69) is 26.0 Å². The molecule has 0 amide bonds. The molecule has 0 aliphatic rings. The van der Waals surface area contributed by atoms with Gasteiger partial charge in [-0.1, -0.05) is 32.5 Å². The third-order valence-corrected chi connectivity index (χ3v) is 3.72. The Morgan fingerprint density at radius 3 is 2.86 bits per heavy atom. The van der Waals surface area contributed by atoms with Crippen LogP contribution in [-0.2, 0) is 6.42 Å². The van der Waals surface area contributed by atoms with E-state index < -0.39 is 0 Å². The van der Waals surface area contributed by atoms with Gasteiger partial charge in [0.15, 0.2) is 0 Å². The SMILES string of the molecule is CCCc1ccc(C(C)CC(N)=S)s1. The smallest absolute Gasteiger partial charge is 0.0733 e. The maximum absolute atomic E-state index is 5.53. The highest BCUT2D eigenvalue weighted by atomic mass is 32.1. The summed E-state index contributed by atoms with van der Waals surface area (Å²) in [5.41, 5.74) is 5.53. The molecule has 0 saturated carbocycles. The van der Waals surface area contributed by atoms with Crippen molar-refractivity contribution in [2.75, 3.05) is 0 Å². The standard InChI is InChI=1S/C11H17NS2/c1-3-4-9-5-6-10(14-9)8(2)7-11(12)13/h5-6,8H,3-4,7H2,1-2H3,(H2,12,13). The first-order chi connectivity index (χ1) is 6.63. The van der Waals surface area contributed by atoms with Crippen molar-refractivity contribution in [3.8, 4) is 0 Å². The van der Waals surface area contributed by atoms with Crippen LogP contribution in [0.25, 0.3) is 0 Å². The quantitative estimate of drug-likeness (QED) is 0.779. The van der Waals surface area contributed by atoms with E-state index in [4.69, 9.17) is 18.0 Å². The molecule has 0 aliphatic carbocycles. The molecule has 0 fully saturated rings. The highest BCUT2D eigenvalue weighted by Gasteiger charge is 2.09. The van der Waals surface area contributed by atoms with Crippen molar-refractivity contribution in [2.24, 2.45) is 5.73 Å². The highest BCUT2D eigenvalue weighted by Crippen LogP contribution is 2.27. The zero-order valence-corrected chi connectivity index (χ0v) is 10.4. The van der Waals surface area contributed by atoms with E-state index in [1.54, 1.807) is 0 Å². The van der Waals surface area contributed by atoms with Gasteiger partial charge in [-0.05, 0) is 24.5 Å². The Morgan fingerprint density at radius 2 is 2.29 bits per heavy atom. The summed E-state index contributed by atoms with van der Waals surface area (Å²) in [4.78, 5) is 3.49. The molecule has 2 N–H and O–H groups in total. The van der Waals surface area contributed by atoms with Gasteiger partial charge < -0.3 is 5.73 Å². The summed E-state index contributed by atoms with van der Waals surface area (Å²) in [6.07, 6.45) is 3.22. The number of aryl methyl sites for hydroxylation is 1. The molecule has 0 spiro atoms. The summed E-state index contributed by atoms with van der Waals surface area (Å²) in [5.74, 6) is 0.475. The largest absolute Gasteiger partial charge is 0.393 e. The maximum atomic E-state index is 5.53. The molecule has 3 heteroatoms. The van der Waals surface area contributed by atoms with Crippen molar-refractivity contribution < 1.29 is 0 Å². The lowest BCUT2D eigenvalue weighted by Crippen LogP contribution is -2.10. The topological polar surface area (TPSA) is 26.0 Å². The molecule has 1 atom stereocenters. The van der Waals surface area contributed by atoms with E-state index in [-0.39, 0.29) is 0 Å². The molecular weight excluding hydrogens is 210 g/mol. The van der Waals surface area contributed by atoms with Crippen LogP contribution in [0.5, 0.6) is 0 Å². The van der Waals surface area contributed by atoms with Crippen LogP contribution in [0.4, 0.5) is 0 Å². The molecule has 14 heavy (non-hydrogen) atoms. The van der Waals surface area contributed by atoms with Gasteiger partial charge in [-0.15, -0.1) is 11.3 Å². The van der Waals surface area contributed by atoms with Crippen LogP contribution >= 0.6 is 23.6 Å². The summed E-state index contributed by atoms with van der Waals surface area (Å²) in [5, 5.41) is 0. The van der Waals surface area contributed by atoms with Crippen LogP contribution in [0.15, 0.2) is 12.1 Å². The lowest BCUT2D eigenvalue weighted by atomic mass is 10.1. The van der Waals surface area contributed by atoms with Gasteiger partial charge in [-0.25, -0.2) is 0 Å². The monoisotopic (exact) mass is 227 g/mol. The van der Waals surface area contributed by atoms with Gasteiger partial charge >= 0.3 is 0 Å². The van der Waals surface area contributed by atoms with Gasteiger partial charge in [0.1, 0.15) is 0 Å². The number of rotatable bonds is 5. The minimum Gasteiger partial charge on any atom is -0.393 e. The van der Waals surface area contributed by atoms with Crippen molar-refractivity contribution in [1.82, 2.24) is 0 Å². The minimum absolute atomic E-state index is 0.475. The molecule has 0 aliphatic heterocycles. The van der Waals surface area contributed by atoms with Crippen molar-refractivity contribution in [1.29, 1.82) is 0 Å². The Kier molecular flexibility index (Phi) is 4.55. The lowest BCUT2D eigenvalue weighted by Gasteiger charge is -2.06. The Hall–Kier alpha value is -0.410. The van der Waals surface area contributed by atoms with Crippen LogP contribution in [-0.4, -0.2) is 4.99 Å². The summed E-state index contributed by atoms with van der Waals surface area (Å²) < 4.78 is 0. The molecule has 1 heterocycles. The average molecular weight is 227 g/mol. The first-order valence-corrected chi connectivity index (χ1v) is 6.22. The molecule has 1 nitrogen and oxygen atoms in total. The Morgan fingerprint density at radius 1 is 1.57 bits per heavy atom. The summed E-state index contributed by atoms with van der Waals surface area (Å²) in [6.45, 7) is 4.39. The fourth-order valence-electron chi connectivity index (χ4n) is 1.44. The third-order valence-electron chi connectivity index (χ3n) is 2.17. The Balaban J connectivity index is 2.61. The molecule has 1 unspecified atom stereocenters. The van der Waals surface area contributed by atoms with E-state index in [1.165, 1.54) is 22.6 Å². The second-order valence-electron chi connectivity index (χ2n) is 3.63. The molecular formula is C11H17NS2. The zero-order valence-electron chi connectivity index (χ0n) is 8.75. The van der Waals surface area contributed by atoms with Crippen LogP contribution in [0.2, 0.25) is 0 Å². The first-order valence-electron chi connectivity index (χ1n) is 5.00. The molecule has 1 aromatic heterocycles. The number of hydrogen-bond donors (Lipinski definition) is 1. The van der Waals surface area contributed by atoms with Crippen LogP contribution in [0, 0.1) is 0 Å². The molecule has 1 aromatic rings. The average Bonchev–Trinajstić information content (AvgIpc) is 2.52. The number of hydrogen-bond acceptors (Lipinski definition) is 2. The van der Waals surface area contributed by atoms with Gasteiger partial charge in [-0.2, -0.15) is 0 Å². The van der Waals surface area contributed by atoms with Crippen molar-refractivity contribution in [3.63, 3.8) is 0 Å². The summed E-state index contributed by atoms with van der Waals surface area (Å²) in [6, 6.07) is 4.43. The fraction of sp³-hybridized carbons (Fsp3) is 0.545. The molecule has 0 radical (unpaired) electrons. The third kappa shape index (κ3) is 3.39. The van der Waals surface area contributed by atoms with E-state index >= 15 is 0 Å². The first kappa shape index (κ1) is 11.7. The van der Waals surface area contributed by atoms with Crippen molar-refractivity contribution in [2.45, 2.75) is 39.0 Å². The zero-order chi connectivity index (χ0) is 10.6. The Bertz CT molecular complexity index is 304. The molecule has 0 aromatic carbocycles. The Labute approximate surface area is 95.3 Å². The molecule has 0 bridgehead atoms. The van der Waals surface area contributed by atoms with Gasteiger partial charge in [0, 0.05) is 16.2 Å². The number of thiophene rings is 1. The molecule has 1 rings (SSSR count). The van der Waals surface area contributed by atoms with Crippen LogP contribution in [0.3, 0.4) is 0 Å². The summed E-state index contributed by atoms with van der Waals surface area (Å²) in [7, 11) is 0. The predicted octanol–water partition coefficient (Wildman–Crippen LogP) is 3.48. The summed E-state index contributed by atoms with van der Waals surface area (Å²) >= 11 is 6.80. The van der Waals surface area contributed by atoms with Gasteiger partial charge in [-0.3, -0.25) is 0 Å². The van der Waals surface area contributed by atoms with Gasteiger partial charge in [0.05, 0.1) is 4.99 Å². The highest BCUT2D eigenvalue weighted by molar-refractivity contribution is 7.80. The lowest BCUT2D eigenvalue weighted by molar-refractivity contribution is 0.826. The number of thiocarbonyl (C=S) groups is 1. The minimum atomic E-state index is 0.475. The van der Waals surface area contributed by atoms with E-state index in [9.17, 15) is 0 Å². The van der Waals surface area contributed by atoms with Crippen LogP contribution in [0.1, 0.15) is 42.4 Å². The van der Waals surface area contributed by atoms with Gasteiger partial charge in [0.2, 0.25) is 0 Å². The van der Waals surface area contributed by atoms with E-state index in [0.717, 1.165) is 6.42 Å². The maximum Gasteiger partial charge on any atom is 0.0733 e. The normalized spacial score (nSPS) is 12.7. The second-order valence-corrected chi connectivity index (χ2v) is 5.35. The molecule has 0 saturated heterocycles. The molecule has 78 valence electrons. The predicted molar refractivity (Wildman–Crippen MR) is 68.1 cm³/mol. The number of nitrogens with two attached hydrogens (primary N) is 1. The van der Waals surface area contributed by atoms with E-state index in [1.807, 2.05) is 11.3 Å². The second kappa shape index (κ2) is 5.47. The van der Waals surface area contributed by atoms with Crippen LogP contribution < -0.4 is 5.73 Å². The van der Waals surface area contributed by atoms with Gasteiger partial charge in [0.25, 0.3) is 0 Å². The fourth-order valence-corrected chi connectivity index (χ4v) is 2.86. The van der Waals surface area contributed by atoms with Crippen molar-refractivity contribution >= 4 is 28.5 Å². The van der Waals surface area contributed by atoms with Crippen molar-refractivity contribution in [3.05, 3.63) is 21.9 Å². The van der Waals surface area contributed by atoms with E-state index in [0.29, 0.717) is 10.9 Å².